The molecule has 0 saturated carbocycles. The fourth-order valence-electron chi connectivity index (χ4n) is 2.62. The Bertz CT molecular complexity index is 958. The van der Waals surface area contributed by atoms with Crippen molar-refractivity contribution in [1.29, 1.82) is 0 Å². The summed E-state index contributed by atoms with van der Waals surface area (Å²) in [5.41, 5.74) is 1.81. The highest BCUT2D eigenvalue weighted by Gasteiger charge is 2.25. The van der Waals surface area contributed by atoms with Crippen LogP contribution < -0.4 is 4.72 Å². The van der Waals surface area contributed by atoms with E-state index in [0.717, 1.165) is 5.69 Å². The Morgan fingerprint density at radius 1 is 1.08 bits per heavy atom. The first-order chi connectivity index (χ1) is 11.4. The Morgan fingerprint density at radius 3 is 2.42 bits per heavy atom. The number of sulfonamides is 1. The van der Waals surface area contributed by atoms with Crippen LogP contribution in [0.5, 0.6) is 0 Å². The molecule has 0 fully saturated rings. The van der Waals surface area contributed by atoms with E-state index in [1.165, 1.54) is 0 Å². The van der Waals surface area contributed by atoms with E-state index in [4.69, 9.17) is 0 Å². The molecular weight excluding hydrogens is 326 g/mol. The fourth-order valence-corrected chi connectivity index (χ4v) is 4.01. The van der Waals surface area contributed by atoms with Gasteiger partial charge in [0, 0.05) is 18.8 Å². The van der Waals surface area contributed by atoms with Crippen molar-refractivity contribution in [2.75, 3.05) is 4.72 Å². The monoisotopic (exact) mass is 345 g/mol. The van der Waals surface area contributed by atoms with E-state index in [1.807, 2.05) is 37.3 Å². The van der Waals surface area contributed by atoms with Crippen molar-refractivity contribution < 1.29 is 8.42 Å². The largest absolute Gasteiger partial charge is 0.271 e. The summed E-state index contributed by atoms with van der Waals surface area (Å²) < 4.78 is 31.4. The molecule has 0 amide bonds. The van der Waals surface area contributed by atoms with Crippen LogP contribution in [0.4, 0.5) is 5.82 Å². The summed E-state index contributed by atoms with van der Waals surface area (Å²) >= 11 is 0. The molecule has 0 unspecified atom stereocenters. The number of hydrogen-bond donors (Lipinski definition) is 1. The zero-order valence-corrected chi connectivity index (χ0v) is 14.6. The second-order valence-electron chi connectivity index (χ2n) is 5.41. The lowest BCUT2D eigenvalue weighted by Crippen LogP contribution is -2.15. The first-order valence-electron chi connectivity index (χ1n) is 7.60. The number of aromatic nitrogens is 4. The molecule has 8 heteroatoms. The predicted octanol–water partition coefficient (Wildman–Crippen LogP) is 2.51. The Labute approximate surface area is 141 Å². The molecule has 0 atom stereocenters. The summed E-state index contributed by atoms with van der Waals surface area (Å²) in [7, 11) is -3.77. The highest BCUT2D eigenvalue weighted by Crippen LogP contribution is 2.24. The number of hydrogen-bond acceptors (Lipinski definition) is 4. The second kappa shape index (κ2) is 6.12. The Kier molecular flexibility index (Phi) is 4.15. The minimum absolute atomic E-state index is 0.178. The van der Waals surface area contributed by atoms with Crippen molar-refractivity contribution >= 4 is 15.8 Å². The number of nitrogens with one attached hydrogen (secondary N) is 1. The molecule has 3 aromatic rings. The zero-order valence-electron chi connectivity index (χ0n) is 13.8. The van der Waals surface area contributed by atoms with Gasteiger partial charge in [-0.25, -0.2) is 13.1 Å². The predicted molar refractivity (Wildman–Crippen MR) is 91.7 cm³/mol. The van der Waals surface area contributed by atoms with Gasteiger partial charge in [-0.2, -0.15) is 10.2 Å². The Hall–Kier alpha value is -2.61. The van der Waals surface area contributed by atoms with Crippen LogP contribution in [0.25, 0.3) is 5.69 Å². The third-order valence-electron chi connectivity index (χ3n) is 3.70. The maximum atomic E-state index is 12.8. The van der Waals surface area contributed by atoms with E-state index in [-0.39, 0.29) is 4.90 Å². The number of benzene rings is 1. The van der Waals surface area contributed by atoms with Gasteiger partial charge in [-0.05, 0) is 32.9 Å². The average Bonchev–Trinajstić information content (AvgIpc) is 3.11. The molecule has 0 radical (unpaired) electrons. The van der Waals surface area contributed by atoms with E-state index in [1.54, 1.807) is 35.5 Å². The Morgan fingerprint density at radius 2 is 1.79 bits per heavy atom. The minimum Gasteiger partial charge on any atom is -0.271 e. The van der Waals surface area contributed by atoms with Crippen LogP contribution in [0.15, 0.2) is 47.5 Å². The second-order valence-corrected chi connectivity index (χ2v) is 7.03. The van der Waals surface area contributed by atoms with Crippen LogP contribution >= 0.6 is 0 Å². The molecule has 126 valence electrons. The number of rotatable bonds is 5. The topological polar surface area (TPSA) is 81.8 Å². The molecule has 0 aliphatic rings. The van der Waals surface area contributed by atoms with Crippen LogP contribution in [-0.4, -0.2) is 28.0 Å². The van der Waals surface area contributed by atoms with Crippen LogP contribution in [0.3, 0.4) is 0 Å². The van der Waals surface area contributed by atoms with E-state index >= 15 is 0 Å². The molecule has 1 N–H and O–H groups in total. The van der Waals surface area contributed by atoms with Gasteiger partial charge in [-0.1, -0.05) is 18.2 Å². The van der Waals surface area contributed by atoms with Gasteiger partial charge in [-0.15, -0.1) is 0 Å². The summed E-state index contributed by atoms with van der Waals surface area (Å²) in [5.74, 6) is 0.295. The molecule has 0 spiro atoms. The Balaban J connectivity index is 2.01. The molecule has 0 bridgehead atoms. The first-order valence-corrected chi connectivity index (χ1v) is 9.08. The average molecular weight is 345 g/mol. The lowest BCUT2D eigenvalue weighted by atomic mass is 10.3. The van der Waals surface area contributed by atoms with Gasteiger partial charge >= 0.3 is 0 Å². The minimum atomic E-state index is -3.77. The summed E-state index contributed by atoms with van der Waals surface area (Å²) in [6, 6.07) is 11.1. The highest BCUT2D eigenvalue weighted by atomic mass is 32.2. The maximum Gasteiger partial charge on any atom is 0.266 e. The number of para-hydroxylation sites is 1. The smallest absolute Gasteiger partial charge is 0.266 e. The van der Waals surface area contributed by atoms with Crippen molar-refractivity contribution in [3.8, 4) is 5.69 Å². The molecule has 3 rings (SSSR count). The van der Waals surface area contributed by atoms with E-state index in [0.29, 0.717) is 23.8 Å². The van der Waals surface area contributed by atoms with Gasteiger partial charge < -0.3 is 0 Å². The molecule has 7 nitrogen and oxygen atoms in total. The van der Waals surface area contributed by atoms with Crippen molar-refractivity contribution in [3.63, 3.8) is 0 Å². The molecule has 2 aromatic heterocycles. The lowest BCUT2D eigenvalue weighted by molar-refractivity contribution is 0.599. The highest BCUT2D eigenvalue weighted by molar-refractivity contribution is 7.92. The standard InChI is InChI=1S/C16H19N5O2S/c1-4-20-11-10-15(18-20)19-24(22,23)16-12(2)17-21(13(16)3)14-8-6-5-7-9-14/h5-11H,4H2,1-3H3,(H,18,19). The first kappa shape index (κ1) is 16.3. The normalized spacial score (nSPS) is 11.6. The van der Waals surface area contributed by atoms with E-state index in [9.17, 15) is 8.42 Å². The van der Waals surface area contributed by atoms with Gasteiger partial charge in [0.2, 0.25) is 0 Å². The van der Waals surface area contributed by atoms with Crippen molar-refractivity contribution in [3.05, 3.63) is 54.0 Å². The summed E-state index contributed by atoms with van der Waals surface area (Å²) in [4.78, 5) is 0.178. The fraction of sp³-hybridized carbons (Fsp3) is 0.250. The van der Waals surface area contributed by atoms with Crippen LogP contribution in [0, 0.1) is 13.8 Å². The van der Waals surface area contributed by atoms with E-state index in [2.05, 4.69) is 14.9 Å². The molecule has 0 aliphatic heterocycles. The summed E-state index contributed by atoms with van der Waals surface area (Å²) in [6.07, 6.45) is 1.73. The summed E-state index contributed by atoms with van der Waals surface area (Å²) in [5, 5.41) is 8.54. The third-order valence-corrected chi connectivity index (χ3v) is 5.30. The quantitative estimate of drug-likeness (QED) is 0.770. The van der Waals surface area contributed by atoms with Gasteiger partial charge in [-0.3, -0.25) is 9.40 Å². The SMILES string of the molecule is CCn1ccc(NS(=O)(=O)c2c(C)nn(-c3ccccc3)c2C)n1. The maximum absolute atomic E-state index is 12.8. The molecule has 24 heavy (non-hydrogen) atoms. The van der Waals surface area contributed by atoms with Crippen LogP contribution in [-0.2, 0) is 16.6 Å². The van der Waals surface area contributed by atoms with Gasteiger partial charge in [0.25, 0.3) is 10.0 Å². The van der Waals surface area contributed by atoms with Crippen molar-refractivity contribution in [2.45, 2.75) is 32.2 Å². The van der Waals surface area contributed by atoms with Crippen LogP contribution in [0.2, 0.25) is 0 Å². The molecule has 2 heterocycles. The third kappa shape index (κ3) is 2.92. The van der Waals surface area contributed by atoms with Crippen molar-refractivity contribution in [2.24, 2.45) is 0 Å². The lowest BCUT2D eigenvalue weighted by Gasteiger charge is -2.07. The van der Waals surface area contributed by atoms with Gasteiger partial charge in [0.1, 0.15) is 4.90 Å². The van der Waals surface area contributed by atoms with E-state index < -0.39 is 10.0 Å². The van der Waals surface area contributed by atoms with Crippen LogP contribution in [0.1, 0.15) is 18.3 Å². The van der Waals surface area contributed by atoms with Crippen molar-refractivity contribution in [1.82, 2.24) is 19.6 Å². The zero-order chi connectivity index (χ0) is 17.3. The molecule has 0 aliphatic carbocycles. The van der Waals surface area contributed by atoms with Gasteiger partial charge in [0.05, 0.1) is 17.1 Å². The van der Waals surface area contributed by atoms with Gasteiger partial charge in [0.15, 0.2) is 5.82 Å². The molecule has 1 aromatic carbocycles. The number of nitrogens with zero attached hydrogens (tertiary/aromatic N) is 4. The summed E-state index contributed by atoms with van der Waals surface area (Å²) in [6.45, 7) is 6.03. The number of aryl methyl sites for hydroxylation is 2. The molecular formula is C16H19N5O2S. The molecule has 0 saturated heterocycles. The number of anilines is 1.